The lowest BCUT2D eigenvalue weighted by molar-refractivity contribution is -0.0454. The van der Waals surface area contributed by atoms with Crippen LogP contribution in [0.5, 0.6) is 0 Å². The summed E-state index contributed by atoms with van der Waals surface area (Å²) in [5.74, 6) is 0.355. The van der Waals surface area contributed by atoms with Gasteiger partial charge in [-0.15, -0.1) is 0 Å². The van der Waals surface area contributed by atoms with Crippen LogP contribution >= 0.6 is 0 Å². The summed E-state index contributed by atoms with van der Waals surface area (Å²) in [5.41, 5.74) is 0.526. The van der Waals surface area contributed by atoms with E-state index in [1.807, 2.05) is 0 Å². The van der Waals surface area contributed by atoms with Gasteiger partial charge in [-0.3, -0.25) is 0 Å². The fraction of sp³-hybridized carbons (Fsp3) is 0.889. The van der Waals surface area contributed by atoms with Crippen molar-refractivity contribution in [2.45, 2.75) is 25.7 Å². The average molecular weight is 151 g/mol. The summed E-state index contributed by atoms with van der Waals surface area (Å²) in [6.07, 6.45) is 4.64. The number of ether oxygens (including phenoxy) is 1. The zero-order valence-corrected chi connectivity index (χ0v) is 6.68. The van der Waals surface area contributed by atoms with Gasteiger partial charge in [0.15, 0.2) is 0 Å². The van der Waals surface area contributed by atoms with E-state index < -0.39 is 0 Å². The van der Waals surface area contributed by atoms with Gasteiger partial charge >= 0.3 is 0 Å². The van der Waals surface area contributed by atoms with Crippen LogP contribution in [-0.2, 0) is 4.74 Å². The lowest BCUT2D eigenvalue weighted by Crippen LogP contribution is -2.41. The van der Waals surface area contributed by atoms with Crippen LogP contribution in [0.2, 0.25) is 0 Å². The molecule has 1 saturated heterocycles. The van der Waals surface area contributed by atoms with Crippen LogP contribution in [0.4, 0.5) is 0 Å². The molecule has 0 aromatic heterocycles. The molecule has 2 aliphatic rings. The van der Waals surface area contributed by atoms with Gasteiger partial charge in [0.05, 0.1) is 6.07 Å². The minimum Gasteiger partial charge on any atom is -0.381 e. The predicted molar refractivity (Wildman–Crippen MR) is 40.8 cm³/mol. The molecule has 0 unspecified atom stereocenters. The van der Waals surface area contributed by atoms with E-state index in [2.05, 4.69) is 6.07 Å². The third kappa shape index (κ3) is 1.14. The number of rotatable bonds is 0. The van der Waals surface area contributed by atoms with Gasteiger partial charge in [-0.05, 0) is 31.1 Å². The second-order valence-electron chi connectivity index (χ2n) is 3.85. The van der Waals surface area contributed by atoms with Crippen molar-refractivity contribution in [3.05, 3.63) is 0 Å². The summed E-state index contributed by atoms with van der Waals surface area (Å²) in [6.45, 7) is 1.83. The van der Waals surface area contributed by atoms with Gasteiger partial charge < -0.3 is 4.74 Å². The second-order valence-corrected chi connectivity index (χ2v) is 3.85. The van der Waals surface area contributed by atoms with Crippen molar-refractivity contribution in [3.63, 3.8) is 0 Å². The molecular weight excluding hydrogens is 138 g/mol. The molecule has 2 nitrogen and oxygen atoms in total. The Labute approximate surface area is 67.2 Å². The van der Waals surface area contributed by atoms with Crippen molar-refractivity contribution in [3.8, 4) is 6.07 Å². The van der Waals surface area contributed by atoms with E-state index in [0.717, 1.165) is 26.1 Å². The first-order valence-corrected chi connectivity index (χ1v) is 4.32. The number of hydrogen-bond donors (Lipinski definition) is 0. The maximum atomic E-state index is 8.62. The molecule has 0 N–H and O–H groups in total. The quantitative estimate of drug-likeness (QED) is 0.528. The predicted octanol–water partition coefficient (Wildman–Crippen LogP) is 1.72. The Morgan fingerprint density at radius 1 is 1.27 bits per heavy atom. The standard InChI is InChI=1S/C9H13NO/c10-7-8-5-9(6-8)1-3-11-4-2-9/h8H,1-6H2. The monoisotopic (exact) mass is 151 g/mol. The fourth-order valence-corrected chi connectivity index (χ4v) is 2.29. The molecule has 1 aliphatic carbocycles. The average Bonchev–Trinajstić information content (AvgIpc) is 2.01. The first kappa shape index (κ1) is 7.12. The molecule has 2 rings (SSSR count). The lowest BCUT2D eigenvalue weighted by Gasteiger charge is -2.47. The van der Waals surface area contributed by atoms with Gasteiger partial charge in [-0.2, -0.15) is 5.26 Å². The Morgan fingerprint density at radius 3 is 2.45 bits per heavy atom. The van der Waals surface area contributed by atoms with E-state index in [0.29, 0.717) is 11.3 Å². The molecule has 0 aromatic carbocycles. The normalized spacial score (nSPS) is 29.4. The maximum absolute atomic E-state index is 8.62. The highest BCUT2D eigenvalue weighted by Gasteiger charge is 2.44. The summed E-state index contributed by atoms with van der Waals surface area (Å²) in [4.78, 5) is 0. The minimum atomic E-state index is 0.355. The maximum Gasteiger partial charge on any atom is 0.0656 e. The molecule has 0 bridgehead atoms. The molecule has 1 spiro atoms. The van der Waals surface area contributed by atoms with Crippen molar-refractivity contribution in [2.24, 2.45) is 11.3 Å². The van der Waals surface area contributed by atoms with Gasteiger partial charge in [0.1, 0.15) is 0 Å². The Morgan fingerprint density at radius 2 is 1.91 bits per heavy atom. The van der Waals surface area contributed by atoms with Crippen molar-refractivity contribution in [1.29, 1.82) is 5.26 Å². The Kier molecular flexibility index (Phi) is 1.61. The summed E-state index contributed by atoms with van der Waals surface area (Å²) in [5, 5.41) is 8.62. The van der Waals surface area contributed by atoms with Crippen LogP contribution in [0, 0.1) is 22.7 Å². The third-order valence-corrected chi connectivity index (χ3v) is 3.09. The third-order valence-electron chi connectivity index (χ3n) is 3.09. The molecule has 1 aliphatic heterocycles. The molecule has 2 heteroatoms. The van der Waals surface area contributed by atoms with Crippen LogP contribution in [0.3, 0.4) is 0 Å². The smallest absolute Gasteiger partial charge is 0.0656 e. The highest BCUT2D eigenvalue weighted by molar-refractivity contribution is 5.03. The summed E-state index contributed by atoms with van der Waals surface area (Å²) in [6, 6.07) is 2.33. The van der Waals surface area contributed by atoms with Crippen molar-refractivity contribution < 1.29 is 4.74 Å². The fourth-order valence-electron chi connectivity index (χ4n) is 2.29. The van der Waals surface area contributed by atoms with Crippen molar-refractivity contribution >= 4 is 0 Å². The second kappa shape index (κ2) is 2.49. The first-order valence-electron chi connectivity index (χ1n) is 4.32. The lowest BCUT2D eigenvalue weighted by atomic mass is 9.59. The van der Waals surface area contributed by atoms with E-state index in [-0.39, 0.29) is 0 Å². The van der Waals surface area contributed by atoms with E-state index in [1.165, 1.54) is 12.8 Å². The number of hydrogen-bond acceptors (Lipinski definition) is 2. The van der Waals surface area contributed by atoms with Crippen LogP contribution in [0.1, 0.15) is 25.7 Å². The van der Waals surface area contributed by atoms with Crippen LogP contribution in [-0.4, -0.2) is 13.2 Å². The van der Waals surface area contributed by atoms with Gasteiger partial charge in [0.25, 0.3) is 0 Å². The summed E-state index contributed by atoms with van der Waals surface area (Å²) >= 11 is 0. The van der Waals surface area contributed by atoms with Crippen molar-refractivity contribution in [2.75, 3.05) is 13.2 Å². The molecule has 0 aromatic rings. The Balaban J connectivity index is 1.90. The zero-order chi connectivity index (χ0) is 7.73. The molecule has 0 atom stereocenters. The minimum absolute atomic E-state index is 0.355. The van der Waals surface area contributed by atoms with E-state index in [4.69, 9.17) is 10.00 Å². The van der Waals surface area contributed by atoms with Gasteiger partial charge in [-0.1, -0.05) is 0 Å². The summed E-state index contributed by atoms with van der Waals surface area (Å²) in [7, 11) is 0. The topological polar surface area (TPSA) is 33.0 Å². The number of nitriles is 1. The van der Waals surface area contributed by atoms with E-state index >= 15 is 0 Å². The summed E-state index contributed by atoms with van der Waals surface area (Å²) < 4.78 is 5.29. The molecular formula is C9H13NO. The van der Waals surface area contributed by atoms with Crippen LogP contribution < -0.4 is 0 Å². The van der Waals surface area contributed by atoms with Gasteiger partial charge in [0.2, 0.25) is 0 Å². The highest BCUT2D eigenvalue weighted by atomic mass is 16.5. The Hall–Kier alpha value is -0.550. The molecule has 1 saturated carbocycles. The van der Waals surface area contributed by atoms with E-state index in [1.54, 1.807) is 0 Å². The van der Waals surface area contributed by atoms with Gasteiger partial charge in [-0.25, -0.2) is 0 Å². The molecule has 0 amide bonds. The Bertz CT molecular complexity index is 180. The van der Waals surface area contributed by atoms with Gasteiger partial charge in [0, 0.05) is 19.1 Å². The molecule has 2 fully saturated rings. The number of nitrogens with zero attached hydrogens (tertiary/aromatic N) is 1. The van der Waals surface area contributed by atoms with E-state index in [9.17, 15) is 0 Å². The SMILES string of the molecule is N#CC1CC2(CCOCC2)C1. The molecule has 11 heavy (non-hydrogen) atoms. The van der Waals surface area contributed by atoms with Crippen LogP contribution in [0.15, 0.2) is 0 Å². The molecule has 1 heterocycles. The van der Waals surface area contributed by atoms with Crippen LogP contribution in [0.25, 0.3) is 0 Å². The zero-order valence-electron chi connectivity index (χ0n) is 6.68. The highest BCUT2D eigenvalue weighted by Crippen LogP contribution is 2.51. The molecule has 0 radical (unpaired) electrons. The molecule has 60 valence electrons. The largest absolute Gasteiger partial charge is 0.381 e. The van der Waals surface area contributed by atoms with Crippen molar-refractivity contribution in [1.82, 2.24) is 0 Å². The first-order chi connectivity index (χ1) is 5.35.